The van der Waals surface area contributed by atoms with Crippen molar-refractivity contribution in [1.82, 2.24) is 0 Å². The van der Waals surface area contributed by atoms with Gasteiger partial charge < -0.3 is 19.3 Å². The van der Waals surface area contributed by atoms with Crippen molar-refractivity contribution in [3.8, 4) is 11.5 Å². The normalized spacial score (nSPS) is 29.1. The molecule has 1 saturated carbocycles. The van der Waals surface area contributed by atoms with Crippen LogP contribution in [0.15, 0.2) is 12.1 Å². The summed E-state index contributed by atoms with van der Waals surface area (Å²) in [6.07, 6.45) is 1.22. The molecule has 0 amide bonds. The quantitative estimate of drug-likeness (QED) is 0.795. The molecule has 1 aromatic rings. The molecule has 0 aromatic heterocycles. The van der Waals surface area contributed by atoms with Gasteiger partial charge in [0, 0.05) is 29.5 Å². The number of fused-ring (bicyclic) bond motifs is 2. The molecule has 2 atom stereocenters. The van der Waals surface area contributed by atoms with Gasteiger partial charge in [-0.1, -0.05) is 32.4 Å². The highest BCUT2D eigenvalue weighted by Gasteiger charge is 2.67. The molecule has 23 heavy (non-hydrogen) atoms. The Morgan fingerprint density at radius 3 is 2.61 bits per heavy atom. The van der Waals surface area contributed by atoms with Crippen molar-refractivity contribution in [2.45, 2.75) is 56.8 Å². The fourth-order valence-corrected chi connectivity index (χ4v) is 3.58. The van der Waals surface area contributed by atoms with E-state index in [-0.39, 0.29) is 5.41 Å². The zero-order valence-electron chi connectivity index (χ0n) is 13.7. The zero-order chi connectivity index (χ0) is 17.0. The smallest absolute Gasteiger partial charge is 0.357 e. The van der Waals surface area contributed by atoms with E-state index in [0.29, 0.717) is 35.8 Å². The number of methoxy groups -OCH3 is 1. The highest BCUT2D eigenvalue weighted by Crippen LogP contribution is 2.54. The van der Waals surface area contributed by atoms with E-state index >= 15 is 0 Å². The van der Waals surface area contributed by atoms with Gasteiger partial charge in [-0.3, -0.25) is 0 Å². The molecule has 0 saturated heterocycles. The second-order valence-electron chi connectivity index (χ2n) is 7.19. The number of carbonyl (C=O) groups is 1. The Morgan fingerprint density at radius 2 is 2.00 bits per heavy atom. The van der Waals surface area contributed by atoms with Crippen molar-refractivity contribution in [1.29, 1.82) is 0 Å². The molecule has 3 rings (SSSR count). The van der Waals surface area contributed by atoms with Crippen LogP contribution in [0.5, 0.6) is 11.5 Å². The average Bonchev–Trinajstić information content (AvgIpc) is 2.79. The minimum absolute atomic E-state index is 0.265. The van der Waals surface area contributed by atoms with Gasteiger partial charge in [-0.05, 0) is 17.9 Å². The van der Waals surface area contributed by atoms with Crippen LogP contribution in [0, 0.1) is 0 Å². The molecule has 0 radical (unpaired) electrons. The summed E-state index contributed by atoms with van der Waals surface area (Å²) < 4.78 is 16.8. The van der Waals surface area contributed by atoms with Crippen LogP contribution in [-0.4, -0.2) is 29.6 Å². The van der Waals surface area contributed by atoms with Gasteiger partial charge in [0.2, 0.25) is 0 Å². The van der Waals surface area contributed by atoms with E-state index in [1.54, 1.807) is 12.1 Å². The number of ether oxygens (including phenoxy) is 3. The fraction of sp³-hybridized carbons (Fsp3) is 0.588. The van der Waals surface area contributed by atoms with Crippen LogP contribution in [0.25, 0.3) is 0 Å². The Morgan fingerprint density at radius 1 is 1.30 bits per heavy atom. The molecule has 1 aliphatic heterocycles. The number of benzene rings is 1. The number of hydrogen-bond donors (Lipinski definition) is 1. The van der Waals surface area contributed by atoms with Gasteiger partial charge in [0.15, 0.2) is 11.5 Å². The van der Waals surface area contributed by atoms with Crippen molar-refractivity contribution in [2.24, 2.45) is 0 Å². The van der Waals surface area contributed by atoms with Gasteiger partial charge >= 0.3 is 5.97 Å². The lowest BCUT2D eigenvalue weighted by Gasteiger charge is -2.44. The monoisotopic (exact) mass is 340 g/mol. The van der Waals surface area contributed by atoms with E-state index < -0.39 is 17.4 Å². The third kappa shape index (κ3) is 2.29. The third-order valence-electron chi connectivity index (χ3n) is 4.57. The van der Waals surface area contributed by atoms with Crippen LogP contribution >= 0.6 is 11.6 Å². The average molecular weight is 341 g/mol. The minimum Gasteiger partial charge on any atom is -0.466 e. The van der Waals surface area contributed by atoms with Crippen LogP contribution in [-0.2, 0) is 14.9 Å². The Balaban J connectivity index is 2.19. The Bertz CT molecular complexity index is 666. The number of aliphatic hydroxyl groups is 1. The number of esters is 1. The van der Waals surface area contributed by atoms with Gasteiger partial charge in [-0.25, -0.2) is 4.79 Å². The molecule has 1 aromatic carbocycles. The first-order valence-electron chi connectivity index (χ1n) is 7.66. The molecule has 5 nitrogen and oxygen atoms in total. The standard InChI is InChI=1S/C17H21ClO5/c1-15(2,3)11-8-10(18)9-12-13(11)23-17(20)7-5-6-16(17,22-12)14(19)21-4/h8-9,20H,5-7H2,1-4H3/t16-,17-/m0/s1. The van der Waals surface area contributed by atoms with E-state index in [2.05, 4.69) is 0 Å². The molecule has 2 aliphatic rings. The second kappa shape index (κ2) is 5.02. The molecule has 6 heteroatoms. The zero-order valence-corrected chi connectivity index (χ0v) is 14.5. The third-order valence-corrected chi connectivity index (χ3v) is 4.79. The Labute approximate surface area is 140 Å². The summed E-state index contributed by atoms with van der Waals surface area (Å²) in [4.78, 5) is 12.3. The summed E-state index contributed by atoms with van der Waals surface area (Å²) >= 11 is 6.21. The molecule has 1 fully saturated rings. The van der Waals surface area contributed by atoms with Gasteiger partial charge in [-0.15, -0.1) is 0 Å². The predicted octanol–water partition coefficient (Wildman–Crippen LogP) is 3.19. The highest BCUT2D eigenvalue weighted by molar-refractivity contribution is 6.30. The summed E-state index contributed by atoms with van der Waals surface area (Å²) in [5.74, 6) is -1.58. The van der Waals surface area contributed by atoms with E-state index in [1.807, 2.05) is 20.8 Å². The van der Waals surface area contributed by atoms with Crippen LogP contribution in [0.4, 0.5) is 0 Å². The number of hydrogen-bond acceptors (Lipinski definition) is 5. The van der Waals surface area contributed by atoms with Crippen molar-refractivity contribution < 1.29 is 24.1 Å². The van der Waals surface area contributed by atoms with Crippen LogP contribution in [0.3, 0.4) is 0 Å². The summed E-state index contributed by atoms with van der Waals surface area (Å²) in [6, 6.07) is 3.40. The van der Waals surface area contributed by atoms with Crippen LogP contribution < -0.4 is 9.47 Å². The lowest BCUT2D eigenvalue weighted by atomic mass is 9.85. The summed E-state index contributed by atoms with van der Waals surface area (Å²) in [5, 5.41) is 11.5. The first kappa shape index (κ1) is 16.4. The molecule has 126 valence electrons. The van der Waals surface area contributed by atoms with E-state index in [9.17, 15) is 9.90 Å². The summed E-state index contributed by atoms with van der Waals surface area (Å²) in [5.41, 5.74) is -0.994. The number of halogens is 1. The van der Waals surface area contributed by atoms with Crippen molar-refractivity contribution in [3.05, 3.63) is 22.7 Å². The van der Waals surface area contributed by atoms with Gasteiger partial charge in [0.1, 0.15) is 0 Å². The van der Waals surface area contributed by atoms with Gasteiger partial charge in [0.05, 0.1) is 7.11 Å². The van der Waals surface area contributed by atoms with Crippen molar-refractivity contribution in [3.63, 3.8) is 0 Å². The topological polar surface area (TPSA) is 65.0 Å². The minimum atomic E-state index is -1.74. The van der Waals surface area contributed by atoms with Crippen molar-refractivity contribution >= 4 is 17.6 Å². The maximum absolute atomic E-state index is 12.3. The molecule has 1 N–H and O–H groups in total. The second-order valence-corrected chi connectivity index (χ2v) is 7.63. The first-order chi connectivity index (χ1) is 10.6. The first-order valence-corrected chi connectivity index (χ1v) is 8.04. The fourth-order valence-electron chi connectivity index (χ4n) is 3.37. The van der Waals surface area contributed by atoms with Gasteiger partial charge in [0.25, 0.3) is 11.4 Å². The van der Waals surface area contributed by atoms with E-state index in [1.165, 1.54) is 7.11 Å². The van der Waals surface area contributed by atoms with Crippen LogP contribution in [0.1, 0.15) is 45.6 Å². The van der Waals surface area contributed by atoms with Gasteiger partial charge in [-0.2, -0.15) is 0 Å². The maximum atomic E-state index is 12.3. The molecule has 1 aliphatic carbocycles. The van der Waals surface area contributed by atoms with E-state index in [4.69, 9.17) is 25.8 Å². The lowest BCUT2D eigenvalue weighted by molar-refractivity contribution is -0.249. The molecule has 0 bridgehead atoms. The summed E-state index contributed by atoms with van der Waals surface area (Å²) in [7, 11) is 1.27. The highest BCUT2D eigenvalue weighted by atomic mass is 35.5. The Kier molecular flexibility index (Phi) is 3.58. The molecular formula is C17H21ClO5. The largest absolute Gasteiger partial charge is 0.466 e. The maximum Gasteiger partial charge on any atom is 0.357 e. The lowest BCUT2D eigenvalue weighted by Crippen LogP contribution is -2.65. The molecule has 0 spiro atoms. The SMILES string of the molecule is COC(=O)[C@@]12CCC[C@]1(O)Oc1c(cc(Cl)cc1C(C)(C)C)O2. The summed E-state index contributed by atoms with van der Waals surface area (Å²) in [6.45, 7) is 6.05. The van der Waals surface area contributed by atoms with E-state index in [0.717, 1.165) is 5.56 Å². The van der Waals surface area contributed by atoms with Crippen LogP contribution in [0.2, 0.25) is 5.02 Å². The van der Waals surface area contributed by atoms with Crippen molar-refractivity contribution in [2.75, 3.05) is 7.11 Å². The molecular weight excluding hydrogens is 320 g/mol. The molecule has 1 heterocycles. The molecule has 0 unspecified atom stereocenters. The number of rotatable bonds is 1. The predicted molar refractivity (Wildman–Crippen MR) is 85.0 cm³/mol. The Hall–Kier alpha value is -1.46. The number of carbonyl (C=O) groups excluding carboxylic acids is 1.